The van der Waals surface area contributed by atoms with Crippen LogP contribution in [0.4, 0.5) is 4.39 Å². The minimum atomic E-state index is -4.32. The van der Waals surface area contributed by atoms with E-state index in [1.54, 1.807) is 29.2 Å². The number of amides is 2. The molecule has 174 valence electrons. The highest BCUT2D eigenvalue weighted by molar-refractivity contribution is 7.89. The third kappa shape index (κ3) is 4.99. The number of carbonyl (C=O) groups is 2. The second-order valence-corrected chi connectivity index (χ2v) is 9.34. The standard InChI is InChI=1S/C22H22FN3O6S/c23-18-6-1-2-8-20(18)33(29,30)26(15-17-5-3-13-31-17)16-21(27)24-9-11-25(12-10-24)22(28)19-7-4-14-32-19/h1-8,13-14H,9-12,15-16H2. The van der Waals surface area contributed by atoms with Crippen molar-refractivity contribution in [3.05, 3.63) is 78.4 Å². The van der Waals surface area contributed by atoms with E-state index in [2.05, 4.69) is 0 Å². The van der Waals surface area contributed by atoms with Crippen molar-refractivity contribution >= 4 is 21.8 Å². The van der Waals surface area contributed by atoms with Gasteiger partial charge in [-0.25, -0.2) is 12.8 Å². The second-order valence-electron chi connectivity index (χ2n) is 7.43. The van der Waals surface area contributed by atoms with E-state index in [0.29, 0.717) is 5.76 Å². The van der Waals surface area contributed by atoms with Crippen molar-refractivity contribution in [3.8, 4) is 0 Å². The molecule has 2 aromatic heterocycles. The molecule has 0 spiro atoms. The van der Waals surface area contributed by atoms with Gasteiger partial charge >= 0.3 is 0 Å². The highest BCUT2D eigenvalue weighted by Crippen LogP contribution is 2.22. The number of hydrogen-bond acceptors (Lipinski definition) is 6. The average Bonchev–Trinajstić information content (AvgIpc) is 3.53. The van der Waals surface area contributed by atoms with Crippen molar-refractivity contribution in [1.82, 2.24) is 14.1 Å². The fraction of sp³-hybridized carbons (Fsp3) is 0.273. The Morgan fingerprint density at radius 3 is 2.21 bits per heavy atom. The van der Waals surface area contributed by atoms with E-state index in [1.807, 2.05) is 0 Å². The summed E-state index contributed by atoms with van der Waals surface area (Å²) in [6.07, 6.45) is 2.80. The second kappa shape index (κ2) is 9.59. The lowest BCUT2D eigenvalue weighted by Crippen LogP contribution is -2.53. The van der Waals surface area contributed by atoms with Crippen LogP contribution in [0, 0.1) is 5.82 Å². The third-order valence-corrected chi connectivity index (χ3v) is 7.15. The zero-order valence-corrected chi connectivity index (χ0v) is 18.4. The molecular formula is C22H22FN3O6S. The maximum Gasteiger partial charge on any atom is 0.289 e. The number of hydrogen-bond donors (Lipinski definition) is 0. The summed E-state index contributed by atoms with van der Waals surface area (Å²) in [7, 11) is -4.32. The molecule has 1 fully saturated rings. The van der Waals surface area contributed by atoms with Crippen LogP contribution in [0.5, 0.6) is 0 Å². The van der Waals surface area contributed by atoms with Gasteiger partial charge in [-0.3, -0.25) is 9.59 Å². The molecule has 3 heterocycles. The lowest BCUT2D eigenvalue weighted by atomic mass is 10.2. The Labute approximate surface area is 190 Å². The van der Waals surface area contributed by atoms with Gasteiger partial charge in [0.2, 0.25) is 15.9 Å². The van der Waals surface area contributed by atoms with E-state index in [-0.39, 0.29) is 44.4 Å². The van der Waals surface area contributed by atoms with Crippen LogP contribution in [-0.4, -0.2) is 67.1 Å². The number of furan rings is 2. The Morgan fingerprint density at radius 1 is 0.909 bits per heavy atom. The van der Waals surface area contributed by atoms with Crippen molar-refractivity contribution < 1.29 is 31.2 Å². The van der Waals surface area contributed by atoms with Crippen LogP contribution in [0.3, 0.4) is 0 Å². The highest BCUT2D eigenvalue weighted by atomic mass is 32.2. The smallest absolute Gasteiger partial charge is 0.289 e. The lowest BCUT2D eigenvalue weighted by Gasteiger charge is -2.35. The molecule has 9 nitrogen and oxygen atoms in total. The molecule has 0 unspecified atom stereocenters. The third-order valence-electron chi connectivity index (χ3n) is 5.33. The van der Waals surface area contributed by atoms with Gasteiger partial charge in [0.25, 0.3) is 5.91 Å². The Balaban J connectivity index is 1.47. The summed E-state index contributed by atoms with van der Waals surface area (Å²) < 4.78 is 51.9. The van der Waals surface area contributed by atoms with Gasteiger partial charge in [-0.05, 0) is 36.4 Å². The number of benzene rings is 1. The minimum absolute atomic E-state index is 0.218. The summed E-state index contributed by atoms with van der Waals surface area (Å²) in [5.41, 5.74) is 0. The molecule has 4 rings (SSSR count). The van der Waals surface area contributed by atoms with Crippen molar-refractivity contribution in [2.45, 2.75) is 11.4 Å². The van der Waals surface area contributed by atoms with Gasteiger partial charge < -0.3 is 18.6 Å². The summed E-state index contributed by atoms with van der Waals surface area (Å²) in [6.45, 7) is 0.308. The summed E-state index contributed by atoms with van der Waals surface area (Å²) >= 11 is 0. The zero-order valence-electron chi connectivity index (χ0n) is 17.6. The van der Waals surface area contributed by atoms with Gasteiger partial charge in [0.05, 0.1) is 25.6 Å². The first-order valence-corrected chi connectivity index (χ1v) is 11.7. The molecule has 0 atom stereocenters. The first kappa shape index (κ1) is 22.7. The molecule has 33 heavy (non-hydrogen) atoms. The van der Waals surface area contributed by atoms with Crippen LogP contribution in [0.2, 0.25) is 0 Å². The summed E-state index contributed by atoms with van der Waals surface area (Å²) in [4.78, 5) is 27.9. The van der Waals surface area contributed by atoms with E-state index in [4.69, 9.17) is 8.83 Å². The Bertz CT molecular complexity index is 1200. The molecule has 1 aliphatic heterocycles. The predicted molar refractivity (Wildman–Crippen MR) is 114 cm³/mol. The number of carbonyl (C=O) groups excluding carboxylic acids is 2. The average molecular weight is 475 g/mol. The van der Waals surface area contributed by atoms with Crippen LogP contribution >= 0.6 is 0 Å². The minimum Gasteiger partial charge on any atom is -0.468 e. The molecule has 0 aliphatic carbocycles. The number of rotatable bonds is 7. The largest absolute Gasteiger partial charge is 0.468 e. The Hall–Kier alpha value is -3.44. The monoisotopic (exact) mass is 475 g/mol. The van der Waals surface area contributed by atoms with Crippen LogP contribution in [0.25, 0.3) is 0 Å². The summed E-state index contributed by atoms with van der Waals surface area (Å²) in [6, 6.07) is 11.4. The van der Waals surface area contributed by atoms with Gasteiger partial charge in [0, 0.05) is 26.2 Å². The molecule has 2 amide bonds. The number of sulfonamides is 1. The first-order valence-electron chi connectivity index (χ1n) is 10.2. The fourth-order valence-corrected chi connectivity index (χ4v) is 4.98. The molecule has 0 N–H and O–H groups in total. The van der Waals surface area contributed by atoms with E-state index in [1.165, 1.54) is 29.6 Å². The van der Waals surface area contributed by atoms with Crippen molar-refractivity contribution in [3.63, 3.8) is 0 Å². The summed E-state index contributed by atoms with van der Waals surface area (Å²) in [5.74, 6) is -1.09. The van der Waals surface area contributed by atoms with Crippen LogP contribution in [0.15, 0.2) is 74.8 Å². The van der Waals surface area contributed by atoms with E-state index in [9.17, 15) is 22.4 Å². The zero-order chi connectivity index (χ0) is 23.4. The fourth-order valence-electron chi connectivity index (χ4n) is 3.56. The Kier molecular flexibility index (Phi) is 6.61. The van der Waals surface area contributed by atoms with Gasteiger partial charge in [-0.15, -0.1) is 0 Å². The van der Waals surface area contributed by atoms with E-state index >= 15 is 0 Å². The Morgan fingerprint density at radius 2 is 1.58 bits per heavy atom. The quantitative estimate of drug-likeness (QED) is 0.519. The molecule has 1 saturated heterocycles. The lowest BCUT2D eigenvalue weighted by molar-refractivity contribution is -0.133. The molecule has 1 aromatic carbocycles. The molecule has 0 bridgehead atoms. The SMILES string of the molecule is O=C(CN(Cc1ccco1)S(=O)(=O)c1ccccc1F)N1CCN(C(=O)c2ccco2)CC1. The van der Waals surface area contributed by atoms with Crippen molar-refractivity contribution in [2.24, 2.45) is 0 Å². The topological polar surface area (TPSA) is 104 Å². The molecule has 3 aromatic rings. The van der Waals surface area contributed by atoms with Crippen molar-refractivity contribution in [2.75, 3.05) is 32.7 Å². The maximum absolute atomic E-state index is 14.3. The molecular weight excluding hydrogens is 453 g/mol. The van der Waals surface area contributed by atoms with Gasteiger partial charge in [-0.2, -0.15) is 4.31 Å². The van der Waals surface area contributed by atoms with Gasteiger partial charge in [0.15, 0.2) is 5.76 Å². The van der Waals surface area contributed by atoms with Crippen LogP contribution in [-0.2, 0) is 21.4 Å². The predicted octanol–water partition coefficient (Wildman–Crippen LogP) is 2.19. The number of piperazine rings is 1. The molecule has 0 saturated carbocycles. The maximum atomic E-state index is 14.3. The number of halogens is 1. The van der Waals surface area contributed by atoms with Gasteiger partial charge in [-0.1, -0.05) is 12.1 Å². The molecule has 1 aliphatic rings. The van der Waals surface area contributed by atoms with E-state index in [0.717, 1.165) is 16.4 Å². The van der Waals surface area contributed by atoms with E-state index < -0.39 is 33.2 Å². The first-order chi connectivity index (χ1) is 15.9. The highest BCUT2D eigenvalue weighted by Gasteiger charge is 2.33. The van der Waals surface area contributed by atoms with Crippen LogP contribution < -0.4 is 0 Å². The van der Waals surface area contributed by atoms with Gasteiger partial charge in [0.1, 0.15) is 16.5 Å². The molecule has 0 radical (unpaired) electrons. The van der Waals surface area contributed by atoms with Crippen LogP contribution in [0.1, 0.15) is 16.3 Å². The van der Waals surface area contributed by atoms with Crippen molar-refractivity contribution in [1.29, 1.82) is 0 Å². The summed E-state index contributed by atoms with van der Waals surface area (Å²) in [5, 5.41) is 0. The normalized spacial score (nSPS) is 14.6. The number of nitrogens with zero attached hydrogens (tertiary/aromatic N) is 3. The molecule has 11 heteroatoms.